The molecule has 2 heterocycles. The first-order valence-corrected chi connectivity index (χ1v) is 6.23. The summed E-state index contributed by atoms with van der Waals surface area (Å²) in [7, 11) is 0. The summed E-state index contributed by atoms with van der Waals surface area (Å²) in [5.74, 6) is -0.703. The number of aromatic nitrogens is 4. The molecule has 1 fully saturated rings. The van der Waals surface area contributed by atoms with Crippen molar-refractivity contribution in [1.29, 1.82) is 0 Å². The highest BCUT2D eigenvalue weighted by atomic mass is 32.1. The molecule has 7 heteroatoms. The van der Waals surface area contributed by atoms with Crippen molar-refractivity contribution in [1.82, 2.24) is 20.0 Å². The standard InChI is InChI=1S/C10H10N4O2S/c15-10(16)8-9(6-1-2-6)14(13-12-8)3-7-4-17-5-11-7/h4-6H,1-3H2,(H,15,16). The Hall–Kier alpha value is -1.76. The Kier molecular flexibility index (Phi) is 2.40. The van der Waals surface area contributed by atoms with Gasteiger partial charge in [0.05, 0.1) is 23.4 Å². The van der Waals surface area contributed by atoms with Crippen molar-refractivity contribution in [2.24, 2.45) is 0 Å². The highest BCUT2D eigenvalue weighted by Gasteiger charge is 2.33. The number of carboxylic acid groups (broad SMARTS) is 1. The lowest BCUT2D eigenvalue weighted by atomic mass is 10.2. The zero-order valence-corrected chi connectivity index (χ0v) is 9.72. The van der Waals surface area contributed by atoms with Crippen molar-refractivity contribution >= 4 is 17.3 Å². The third-order valence-corrected chi connectivity index (χ3v) is 3.37. The minimum absolute atomic E-state index is 0.0859. The lowest BCUT2D eigenvalue weighted by Crippen LogP contribution is -2.08. The molecule has 1 saturated carbocycles. The molecule has 0 spiro atoms. The summed E-state index contributed by atoms with van der Waals surface area (Å²) in [6.07, 6.45) is 2.04. The maximum absolute atomic E-state index is 11.0. The number of hydrogen-bond donors (Lipinski definition) is 1. The minimum atomic E-state index is -1.00. The first kappa shape index (κ1) is 10.4. The Bertz CT molecular complexity index is 545. The van der Waals surface area contributed by atoms with Gasteiger partial charge in [-0.2, -0.15) is 0 Å². The van der Waals surface area contributed by atoms with E-state index >= 15 is 0 Å². The molecule has 0 amide bonds. The van der Waals surface area contributed by atoms with Gasteiger partial charge in [-0.3, -0.25) is 0 Å². The molecule has 1 N–H and O–H groups in total. The van der Waals surface area contributed by atoms with Crippen molar-refractivity contribution < 1.29 is 9.90 Å². The molecule has 88 valence electrons. The van der Waals surface area contributed by atoms with Crippen LogP contribution in [0.4, 0.5) is 0 Å². The SMILES string of the molecule is O=C(O)c1nnn(Cc2cscn2)c1C1CC1. The van der Waals surface area contributed by atoms with Crippen LogP contribution in [0.15, 0.2) is 10.9 Å². The summed E-state index contributed by atoms with van der Waals surface area (Å²) in [4.78, 5) is 15.2. The lowest BCUT2D eigenvalue weighted by molar-refractivity contribution is 0.0689. The largest absolute Gasteiger partial charge is 0.476 e. The predicted octanol–water partition coefficient (Wildman–Crippen LogP) is 1.36. The van der Waals surface area contributed by atoms with E-state index in [2.05, 4.69) is 15.3 Å². The van der Waals surface area contributed by atoms with Gasteiger partial charge in [0.15, 0.2) is 5.69 Å². The second kappa shape index (κ2) is 3.92. The van der Waals surface area contributed by atoms with Crippen LogP contribution in [-0.4, -0.2) is 31.1 Å². The number of thiazole rings is 1. The Morgan fingerprint density at radius 1 is 1.59 bits per heavy atom. The second-order valence-electron chi connectivity index (χ2n) is 4.04. The monoisotopic (exact) mass is 250 g/mol. The van der Waals surface area contributed by atoms with Crippen LogP contribution in [0.1, 0.15) is 40.6 Å². The van der Waals surface area contributed by atoms with E-state index in [-0.39, 0.29) is 5.69 Å². The highest BCUT2D eigenvalue weighted by molar-refractivity contribution is 7.07. The van der Waals surface area contributed by atoms with Gasteiger partial charge in [-0.15, -0.1) is 16.4 Å². The van der Waals surface area contributed by atoms with Crippen molar-refractivity contribution in [3.8, 4) is 0 Å². The number of carbonyl (C=O) groups is 1. The van der Waals surface area contributed by atoms with E-state index in [1.165, 1.54) is 11.3 Å². The van der Waals surface area contributed by atoms with E-state index in [0.29, 0.717) is 12.5 Å². The summed E-state index contributed by atoms with van der Waals surface area (Å²) in [6, 6.07) is 0. The van der Waals surface area contributed by atoms with E-state index in [1.54, 1.807) is 10.2 Å². The van der Waals surface area contributed by atoms with Crippen LogP contribution < -0.4 is 0 Å². The van der Waals surface area contributed by atoms with E-state index in [4.69, 9.17) is 5.11 Å². The van der Waals surface area contributed by atoms with Gasteiger partial charge in [0, 0.05) is 11.3 Å². The molecule has 3 rings (SSSR count). The summed E-state index contributed by atoms with van der Waals surface area (Å²) < 4.78 is 1.66. The minimum Gasteiger partial charge on any atom is -0.476 e. The van der Waals surface area contributed by atoms with Crippen LogP contribution in [0.5, 0.6) is 0 Å². The summed E-state index contributed by atoms with van der Waals surface area (Å²) in [6.45, 7) is 0.496. The molecule has 1 aliphatic rings. The molecular formula is C10H10N4O2S. The highest BCUT2D eigenvalue weighted by Crippen LogP contribution is 2.41. The average molecular weight is 250 g/mol. The molecule has 1 aliphatic carbocycles. The maximum atomic E-state index is 11.0. The fourth-order valence-electron chi connectivity index (χ4n) is 1.82. The molecule has 0 unspecified atom stereocenters. The maximum Gasteiger partial charge on any atom is 0.358 e. The number of rotatable bonds is 4. The van der Waals surface area contributed by atoms with E-state index in [0.717, 1.165) is 24.2 Å². The topological polar surface area (TPSA) is 80.9 Å². The molecule has 0 saturated heterocycles. The van der Waals surface area contributed by atoms with Crippen LogP contribution in [0.2, 0.25) is 0 Å². The Morgan fingerprint density at radius 2 is 2.41 bits per heavy atom. The fourth-order valence-corrected chi connectivity index (χ4v) is 2.37. The summed E-state index contributed by atoms with van der Waals surface area (Å²) >= 11 is 1.51. The molecule has 0 radical (unpaired) electrons. The molecule has 17 heavy (non-hydrogen) atoms. The zero-order chi connectivity index (χ0) is 11.8. The molecule has 0 aliphatic heterocycles. The predicted molar refractivity (Wildman–Crippen MR) is 60.2 cm³/mol. The van der Waals surface area contributed by atoms with Gasteiger partial charge in [-0.25, -0.2) is 14.5 Å². The van der Waals surface area contributed by atoms with E-state index in [9.17, 15) is 4.79 Å². The van der Waals surface area contributed by atoms with E-state index in [1.807, 2.05) is 5.38 Å². The molecular weight excluding hydrogens is 240 g/mol. The zero-order valence-electron chi connectivity index (χ0n) is 8.91. The number of nitrogens with zero attached hydrogens (tertiary/aromatic N) is 4. The lowest BCUT2D eigenvalue weighted by Gasteiger charge is -2.03. The van der Waals surface area contributed by atoms with Crippen molar-refractivity contribution in [3.63, 3.8) is 0 Å². The van der Waals surface area contributed by atoms with Gasteiger partial charge in [0.2, 0.25) is 0 Å². The van der Waals surface area contributed by atoms with Crippen LogP contribution in [0, 0.1) is 0 Å². The normalized spacial score (nSPS) is 15.1. The fraction of sp³-hybridized carbons (Fsp3) is 0.400. The third-order valence-electron chi connectivity index (χ3n) is 2.74. The number of carboxylic acids is 1. The Morgan fingerprint density at radius 3 is 3.00 bits per heavy atom. The smallest absolute Gasteiger partial charge is 0.358 e. The number of hydrogen-bond acceptors (Lipinski definition) is 5. The van der Waals surface area contributed by atoms with Gasteiger partial charge in [0.1, 0.15) is 0 Å². The Labute approximate surface area is 101 Å². The van der Waals surface area contributed by atoms with Crippen molar-refractivity contribution in [2.45, 2.75) is 25.3 Å². The van der Waals surface area contributed by atoms with E-state index < -0.39 is 5.97 Å². The van der Waals surface area contributed by atoms with Crippen molar-refractivity contribution in [2.75, 3.05) is 0 Å². The van der Waals surface area contributed by atoms with Crippen molar-refractivity contribution in [3.05, 3.63) is 28.0 Å². The van der Waals surface area contributed by atoms with Gasteiger partial charge in [0.25, 0.3) is 0 Å². The van der Waals surface area contributed by atoms with Crippen LogP contribution >= 0.6 is 11.3 Å². The second-order valence-corrected chi connectivity index (χ2v) is 4.76. The van der Waals surface area contributed by atoms with Gasteiger partial charge < -0.3 is 5.11 Å². The van der Waals surface area contributed by atoms with Crippen LogP contribution in [0.3, 0.4) is 0 Å². The molecule has 2 aromatic heterocycles. The van der Waals surface area contributed by atoms with Gasteiger partial charge in [-0.1, -0.05) is 5.21 Å². The van der Waals surface area contributed by atoms with Crippen LogP contribution in [0.25, 0.3) is 0 Å². The molecule has 2 aromatic rings. The molecule has 0 aromatic carbocycles. The third kappa shape index (κ3) is 1.93. The summed E-state index contributed by atoms with van der Waals surface area (Å²) in [5, 5.41) is 18.7. The molecule has 6 nitrogen and oxygen atoms in total. The molecule has 0 bridgehead atoms. The molecule has 0 atom stereocenters. The first-order valence-electron chi connectivity index (χ1n) is 5.29. The Balaban J connectivity index is 1.96. The average Bonchev–Trinajstić information content (AvgIpc) is 2.85. The first-order chi connectivity index (χ1) is 8.25. The van der Waals surface area contributed by atoms with Crippen LogP contribution in [-0.2, 0) is 6.54 Å². The summed E-state index contributed by atoms with van der Waals surface area (Å²) in [5.41, 5.74) is 3.47. The van der Waals surface area contributed by atoms with Gasteiger partial charge in [-0.05, 0) is 12.8 Å². The van der Waals surface area contributed by atoms with Gasteiger partial charge >= 0.3 is 5.97 Å². The quantitative estimate of drug-likeness (QED) is 0.886. The number of aromatic carboxylic acids is 1.